The second kappa shape index (κ2) is 5.32. The number of rotatable bonds is 3. The van der Waals surface area contributed by atoms with Gasteiger partial charge in [0.05, 0.1) is 14.2 Å². The lowest BCUT2D eigenvalue weighted by Crippen LogP contribution is -2.13. The summed E-state index contributed by atoms with van der Waals surface area (Å²) in [6.07, 6.45) is -1.71. The summed E-state index contributed by atoms with van der Waals surface area (Å²) in [5.41, 5.74) is -0.687. The van der Waals surface area contributed by atoms with Crippen molar-refractivity contribution in [3.8, 4) is 23.1 Å². The Morgan fingerprint density at radius 1 is 1.05 bits per heavy atom. The smallest absolute Gasteiger partial charge is 0.426 e. The Kier molecular flexibility index (Phi) is 3.73. The summed E-state index contributed by atoms with van der Waals surface area (Å²) in [6.45, 7) is 0. The minimum absolute atomic E-state index is 0.0415. The van der Waals surface area contributed by atoms with E-state index in [0.717, 1.165) is 14.2 Å². The average Bonchev–Trinajstić information content (AvgIpc) is 2.45. The van der Waals surface area contributed by atoms with E-state index in [1.165, 1.54) is 12.4 Å². The van der Waals surface area contributed by atoms with E-state index in [1.54, 1.807) is 12.1 Å². The van der Waals surface area contributed by atoms with E-state index >= 15 is 0 Å². The molecule has 0 unspecified atom stereocenters. The largest absolute Gasteiger partial charge is 0.480 e. The monoisotopic (exact) mass is 285 g/mol. The molecule has 0 N–H and O–H groups in total. The van der Waals surface area contributed by atoms with Gasteiger partial charge in [-0.05, 0) is 12.1 Å². The van der Waals surface area contributed by atoms with E-state index in [1.807, 2.05) is 0 Å². The molecule has 0 bridgehead atoms. The van der Waals surface area contributed by atoms with Gasteiger partial charge in [-0.3, -0.25) is 4.98 Å². The fourth-order valence-corrected chi connectivity index (χ4v) is 1.58. The molecule has 5 nitrogen and oxygen atoms in total. The first-order valence-electron chi connectivity index (χ1n) is 5.45. The molecular formula is C12H10F3N3O2. The van der Waals surface area contributed by atoms with Gasteiger partial charge in [-0.25, -0.2) is 0 Å². The number of hydrogen-bond acceptors (Lipinski definition) is 5. The van der Waals surface area contributed by atoms with Crippen LogP contribution in [0.3, 0.4) is 0 Å². The number of nitrogens with zero attached hydrogens (tertiary/aromatic N) is 3. The molecule has 106 valence electrons. The lowest BCUT2D eigenvalue weighted by molar-refractivity contribution is -0.140. The summed E-state index contributed by atoms with van der Waals surface area (Å²) < 4.78 is 48.3. The number of ether oxygens (including phenoxy) is 2. The van der Waals surface area contributed by atoms with Crippen LogP contribution < -0.4 is 9.47 Å². The quantitative estimate of drug-likeness (QED) is 0.867. The maximum Gasteiger partial charge on any atom is 0.426 e. The first-order valence-corrected chi connectivity index (χ1v) is 5.45. The molecule has 0 fully saturated rings. The van der Waals surface area contributed by atoms with Crippen LogP contribution in [0.25, 0.3) is 11.4 Å². The van der Waals surface area contributed by atoms with Gasteiger partial charge in [0.2, 0.25) is 11.8 Å². The van der Waals surface area contributed by atoms with Crippen molar-refractivity contribution in [3.05, 3.63) is 30.1 Å². The van der Waals surface area contributed by atoms with Crippen molar-refractivity contribution in [2.45, 2.75) is 6.18 Å². The third kappa shape index (κ3) is 2.63. The number of hydrogen-bond donors (Lipinski definition) is 0. The molecule has 2 aromatic rings. The SMILES string of the molecule is COc1nc(-c2cccnc2)nc(OC)c1C(F)(F)F. The highest BCUT2D eigenvalue weighted by Crippen LogP contribution is 2.41. The van der Waals surface area contributed by atoms with Gasteiger partial charge in [-0.1, -0.05) is 0 Å². The molecular weight excluding hydrogens is 275 g/mol. The first-order chi connectivity index (χ1) is 9.47. The Morgan fingerprint density at radius 2 is 1.65 bits per heavy atom. The third-order valence-corrected chi connectivity index (χ3v) is 2.43. The van der Waals surface area contributed by atoms with E-state index in [9.17, 15) is 13.2 Å². The summed E-state index contributed by atoms with van der Waals surface area (Å²) in [5.74, 6) is -1.15. The lowest BCUT2D eigenvalue weighted by Gasteiger charge is -2.15. The van der Waals surface area contributed by atoms with Crippen LogP contribution in [0.1, 0.15) is 5.56 Å². The number of aromatic nitrogens is 3. The molecule has 8 heteroatoms. The van der Waals surface area contributed by atoms with Gasteiger partial charge in [0.15, 0.2) is 11.4 Å². The molecule has 0 saturated carbocycles. The maximum atomic E-state index is 13.0. The van der Waals surface area contributed by atoms with Crippen LogP contribution in [-0.2, 0) is 6.18 Å². The van der Waals surface area contributed by atoms with E-state index in [-0.39, 0.29) is 5.82 Å². The molecule has 0 saturated heterocycles. The molecule has 0 aliphatic rings. The Bertz CT molecular complexity index is 578. The number of methoxy groups -OCH3 is 2. The molecule has 0 atom stereocenters. The van der Waals surface area contributed by atoms with Crippen molar-refractivity contribution in [1.82, 2.24) is 15.0 Å². The van der Waals surface area contributed by atoms with Crippen LogP contribution >= 0.6 is 0 Å². The van der Waals surface area contributed by atoms with Crippen LogP contribution in [0.5, 0.6) is 11.8 Å². The predicted molar refractivity (Wildman–Crippen MR) is 63.4 cm³/mol. The van der Waals surface area contributed by atoms with Gasteiger partial charge in [-0.15, -0.1) is 0 Å². The van der Waals surface area contributed by atoms with Crippen LogP contribution in [0, 0.1) is 0 Å². The van der Waals surface area contributed by atoms with Gasteiger partial charge in [0, 0.05) is 18.0 Å². The molecule has 2 rings (SSSR count). The number of pyridine rings is 1. The molecule has 2 aromatic heterocycles. The zero-order chi connectivity index (χ0) is 14.8. The second-order valence-electron chi connectivity index (χ2n) is 3.68. The fourth-order valence-electron chi connectivity index (χ4n) is 1.58. The van der Waals surface area contributed by atoms with Gasteiger partial charge < -0.3 is 9.47 Å². The molecule has 0 spiro atoms. The molecule has 0 aliphatic carbocycles. The standard InChI is InChI=1S/C12H10F3N3O2/c1-19-10-8(12(13,14)15)11(20-2)18-9(17-10)7-4-3-5-16-6-7/h3-6H,1-2H3. The van der Waals surface area contributed by atoms with E-state index in [4.69, 9.17) is 9.47 Å². The number of alkyl halides is 3. The number of halogens is 3. The van der Waals surface area contributed by atoms with E-state index in [0.29, 0.717) is 5.56 Å². The summed E-state index contributed by atoms with van der Waals surface area (Å²) in [6, 6.07) is 3.24. The van der Waals surface area contributed by atoms with Gasteiger partial charge in [-0.2, -0.15) is 23.1 Å². The molecule has 0 amide bonds. The molecule has 0 aromatic carbocycles. The van der Waals surface area contributed by atoms with Crippen LogP contribution in [-0.4, -0.2) is 29.2 Å². The summed E-state index contributed by atoms with van der Waals surface area (Å²) in [5, 5.41) is 0. The Labute approximate surface area is 112 Å². The highest BCUT2D eigenvalue weighted by molar-refractivity contribution is 5.56. The third-order valence-electron chi connectivity index (χ3n) is 2.43. The summed E-state index contributed by atoms with van der Waals surface area (Å²) in [7, 11) is 2.20. The Hall–Kier alpha value is -2.38. The van der Waals surface area contributed by atoms with Crippen molar-refractivity contribution in [2.24, 2.45) is 0 Å². The fraction of sp³-hybridized carbons (Fsp3) is 0.250. The van der Waals surface area contributed by atoms with E-state index in [2.05, 4.69) is 15.0 Å². The summed E-state index contributed by atoms with van der Waals surface area (Å²) in [4.78, 5) is 11.4. The minimum Gasteiger partial charge on any atom is -0.480 e. The van der Waals surface area contributed by atoms with Crippen molar-refractivity contribution in [2.75, 3.05) is 14.2 Å². The Morgan fingerprint density at radius 3 is 2.05 bits per heavy atom. The lowest BCUT2D eigenvalue weighted by atomic mass is 10.2. The predicted octanol–water partition coefficient (Wildman–Crippen LogP) is 2.57. The van der Waals surface area contributed by atoms with Crippen molar-refractivity contribution >= 4 is 0 Å². The second-order valence-corrected chi connectivity index (χ2v) is 3.68. The molecule has 20 heavy (non-hydrogen) atoms. The zero-order valence-electron chi connectivity index (χ0n) is 10.6. The van der Waals surface area contributed by atoms with E-state index < -0.39 is 23.5 Å². The van der Waals surface area contributed by atoms with Crippen LogP contribution in [0.2, 0.25) is 0 Å². The minimum atomic E-state index is -4.68. The highest BCUT2D eigenvalue weighted by Gasteiger charge is 2.40. The highest BCUT2D eigenvalue weighted by atomic mass is 19.4. The average molecular weight is 285 g/mol. The molecule has 0 aliphatic heterocycles. The normalized spacial score (nSPS) is 11.2. The first kappa shape index (κ1) is 14.0. The molecule has 2 heterocycles. The van der Waals surface area contributed by atoms with Crippen LogP contribution in [0.4, 0.5) is 13.2 Å². The molecule has 0 radical (unpaired) electrons. The zero-order valence-corrected chi connectivity index (χ0v) is 10.6. The van der Waals surface area contributed by atoms with Gasteiger partial charge in [0.25, 0.3) is 0 Å². The van der Waals surface area contributed by atoms with Crippen LogP contribution in [0.15, 0.2) is 24.5 Å². The topological polar surface area (TPSA) is 57.1 Å². The van der Waals surface area contributed by atoms with Gasteiger partial charge in [0.1, 0.15) is 0 Å². The van der Waals surface area contributed by atoms with Crippen molar-refractivity contribution in [1.29, 1.82) is 0 Å². The summed E-state index contributed by atoms with van der Waals surface area (Å²) >= 11 is 0. The van der Waals surface area contributed by atoms with Crippen molar-refractivity contribution < 1.29 is 22.6 Å². The van der Waals surface area contributed by atoms with Gasteiger partial charge >= 0.3 is 6.18 Å². The Balaban J connectivity index is 2.65. The van der Waals surface area contributed by atoms with Crippen molar-refractivity contribution in [3.63, 3.8) is 0 Å². The maximum absolute atomic E-state index is 13.0.